The van der Waals surface area contributed by atoms with Gasteiger partial charge in [0.2, 0.25) is 0 Å². The summed E-state index contributed by atoms with van der Waals surface area (Å²) in [5.41, 5.74) is -2.98. The van der Waals surface area contributed by atoms with E-state index >= 15 is 0 Å². The Morgan fingerprint density at radius 3 is 1.66 bits per heavy atom. The first-order chi connectivity index (χ1) is 18.0. The largest absolute Gasteiger partial charge is 0.489 e. The lowest BCUT2D eigenvalue weighted by Crippen LogP contribution is -2.29. The van der Waals surface area contributed by atoms with Crippen LogP contribution in [0.4, 0.5) is 26.3 Å². The van der Waals surface area contributed by atoms with Gasteiger partial charge < -0.3 is 4.74 Å². The van der Waals surface area contributed by atoms with Gasteiger partial charge in [-0.2, -0.15) is 26.3 Å². The third-order valence-corrected chi connectivity index (χ3v) is 9.52. The zero-order valence-electron chi connectivity index (χ0n) is 23.0. The molecule has 0 spiro atoms. The van der Waals surface area contributed by atoms with Crippen LogP contribution in [0.3, 0.4) is 0 Å². The first-order valence-corrected chi connectivity index (χ1v) is 15.0. The Kier molecular flexibility index (Phi) is 9.66. The number of hydrogen-bond acceptors (Lipinski definition) is 1. The summed E-state index contributed by atoms with van der Waals surface area (Å²) in [6, 6.07) is 1.41. The summed E-state index contributed by atoms with van der Waals surface area (Å²) in [5, 5.41) is 0. The number of benzene rings is 1. The van der Waals surface area contributed by atoms with E-state index in [1.165, 1.54) is 51.0 Å². The van der Waals surface area contributed by atoms with Crippen molar-refractivity contribution in [2.24, 2.45) is 17.8 Å². The lowest BCUT2D eigenvalue weighted by atomic mass is 9.72. The maximum atomic E-state index is 14.3. The van der Waals surface area contributed by atoms with Crippen LogP contribution < -0.4 is 4.74 Å². The Balaban J connectivity index is 1.48. The smallest absolute Gasteiger partial charge is 0.420 e. The van der Waals surface area contributed by atoms with E-state index in [9.17, 15) is 26.3 Å². The zero-order valence-corrected chi connectivity index (χ0v) is 23.0. The first kappa shape index (κ1) is 29.6. The fourth-order valence-corrected chi connectivity index (χ4v) is 7.48. The first-order valence-electron chi connectivity index (χ1n) is 15.0. The normalized spacial score (nSPS) is 28.6. The van der Waals surface area contributed by atoms with Crippen LogP contribution in [0.5, 0.6) is 5.75 Å². The van der Waals surface area contributed by atoms with Gasteiger partial charge in [-0.1, -0.05) is 77.7 Å². The summed E-state index contributed by atoms with van der Waals surface area (Å²) in [4.78, 5) is 0. The highest BCUT2D eigenvalue weighted by Crippen LogP contribution is 2.53. The maximum absolute atomic E-state index is 14.3. The molecule has 2 saturated carbocycles. The standard InChI is InChI=1S/C31H44F6O/c1-3-5-20-7-9-21(10-8-20)11-12-22-13-15-23(16-14-22)26-19-24-17-18-25(6-4-2)38-29(24)28(31(35,36)37)27(26)30(32,33)34/h19-23,25H,3-18H2,1-2H3. The molecule has 0 bridgehead atoms. The molecule has 0 N–H and O–H groups in total. The molecule has 2 fully saturated rings. The lowest BCUT2D eigenvalue weighted by molar-refractivity contribution is -0.164. The molecule has 1 aromatic carbocycles. The average molecular weight is 547 g/mol. The van der Waals surface area contributed by atoms with Crippen LogP contribution >= 0.6 is 0 Å². The second-order valence-corrected chi connectivity index (χ2v) is 12.2. The zero-order chi connectivity index (χ0) is 27.5. The molecule has 216 valence electrons. The number of alkyl halides is 6. The fraction of sp³-hybridized carbons (Fsp3) is 0.806. The van der Waals surface area contributed by atoms with Gasteiger partial charge >= 0.3 is 12.4 Å². The van der Waals surface area contributed by atoms with Crippen LogP contribution in [0.15, 0.2) is 6.07 Å². The van der Waals surface area contributed by atoms with Crippen molar-refractivity contribution in [3.05, 3.63) is 28.3 Å². The molecule has 1 aromatic rings. The highest BCUT2D eigenvalue weighted by Gasteiger charge is 2.50. The van der Waals surface area contributed by atoms with E-state index in [2.05, 4.69) is 6.92 Å². The van der Waals surface area contributed by atoms with Crippen LogP contribution in [0.2, 0.25) is 0 Å². The van der Waals surface area contributed by atoms with E-state index in [0.29, 0.717) is 44.4 Å². The predicted molar refractivity (Wildman–Crippen MR) is 138 cm³/mol. The quantitative estimate of drug-likeness (QED) is 0.295. The molecule has 1 nitrogen and oxygen atoms in total. The molecule has 0 saturated heterocycles. The molecule has 2 aliphatic carbocycles. The van der Waals surface area contributed by atoms with Gasteiger partial charge in [0, 0.05) is 0 Å². The van der Waals surface area contributed by atoms with Crippen molar-refractivity contribution in [1.29, 1.82) is 0 Å². The van der Waals surface area contributed by atoms with E-state index in [-0.39, 0.29) is 11.1 Å². The summed E-state index contributed by atoms with van der Waals surface area (Å²) >= 11 is 0. The second-order valence-electron chi connectivity index (χ2n) is 12.2. The van der Waals surface area contributed by atoms with Crippen molar-refractivity contribution < 1.29 is 31.1 Å². The molecule has 1 unspecified atom stereocenters. The Labute approximate surface area is 224 Å². The van der Waals surface area contributed by atoms with Gasteiger partial charge in [-0.3, -0.25) is 0 Å². The molecular formula is C31H44F6O. The predicted octanol–water partition coefficient (Wildman–Crippen LogP) is 10.9. The Hall–Kier alpha value is -1.40. The van der Waals surface area contributed by atoms with Gasteiger partial charge in [-0.15, -0.1) is 0 Å². The van der Waals surface area contributed by atoms with Gasteiger partial charge in [0.25, 0.3) is 0 Å². The third kappa shape index (κ3) is 7.02. The Morgan fingerprint density at radius 1 is 0.658 bits per heavy atom. The van der Waals surface area contributed by atoms with Crippen LogP contribution in [0.25, 0.3) is 0 Å². The van der Waals surface area contributed by atoms with Crippen LogP contribution in [-0.4, -0.2) is 6.10 Å². The molecule has 3 aliphatic rings. The summed E-state index contributed by atoms with van der Waals surface area (Å²) < 4.78 is 91.4. The third-order valence-electron chi connectivity index (χ3n) is 9.52. The van der Waals surface area contributed by atoms with E-state index in [4.69, 9.17) is 4.74 Å². The molecule has 7 heteroatoms. The molecule has 0 aromatic heterocycles. The van der Waals surface area contributed by atoms with Crippen molar-refractivity contribution in [1.82, 2.24) is 0 Å². The van der Waals surface area contributed by atoms with Crippen molar-refractivity contribution in [2.75, 3.05) is 0 Å². The number of hydrogen-bond donors (Lipinski definition) is 0. The van der Waals surface area contributed by atoms with Crippen LogP contribution in [0, 0.1) is 17.8 Å². The highest BCUT2D eigenvalue weighted by atomic mass is 19.4. The molecule has 38 heavy (non-hydrogen) atoms. The number of rotatable bonds is 8. The van der Waals surface area contributed by atoms with Gasteiger partial charge in [0.05, 0.1) is 11.7 Å². The van der Waals surface area contributed by atoms with E-state index in [1.807, 2.05) is 6.92 Å². The summed E-state index contributed by atoms with van der Waals surface area (Å²) in [6.45, 7) is 4.13. The van der Waals surface area contributed by atoms with Gasteiger partial charge in [0.15, 0.2) is 0 Å². The van der Waals surface area contributed by atoms with Gasteiger partial charge in [-0.25, -0.2) is 0 Å². The molecule has 0 radical (unpaired) electrons. The number of halogens is 6. The number of ether oxygens (including phenoxy) is 1. The molecular weight excluding hydrogens is 502 g/mol. The molecule has 0 amide bonds. The molecule has 1 heterocycles. The van der Waals surface area contributed by atoms with E-state index < -0.39 is 41.3 Å². The SMILES string of the molecule is CCCC1CCC(CCC2CCC(c3cc4c(c(C(F)(F)F)c3C(F)(F)F)OC(CCC)CC4)CC2)CC1. The summed E-state index contributed by atoms with van der Waals surface area (Å²) in [5.74, 6) is 1.01. The van der Waals surface area contributed by atoms with E-state index in [1.54, 1.807) is 0 Å². The summed E-state index contributed by atoms with van der Waals surface area (Å²) in [7, 11) is 0. The number of aryl methyl sites for hydroxylation is 1. The fourth-order valence-electron chi connectivity index (χ4n) is 7.48. The highest BCUT2D eigenvalue weighted by molar-refractivity contribution is 5.55. The van der Waals surface area contributed by atoms with E-state index in [0.717, 1.165) is 31.1 Å². The topological polar surface area (TPSA) is 9.23 Å². The van der Waals surface area contributed by atoms with Crippen molar-refractivity contribution >= 4 is 0 Å². The minimum Gasteiger partial charge on any atom is -0.489 e. The monoisotopic (exact) mass is 546 g/mol. The van der Waals surface area contributed by atoms with Crippen molar-refractivity contribution in [3.63, 3.8) is 0 Å². The lowest BCUT2D eigenvalue weighted by Gasteiger charge is -2.35. The summed E-state index contributed by atoms with van der Waals surface area (Å²) in [6.07, 6.45) is 4.05. The van der Waals surface area contributed by atoms with Crippen LogP contribution in [-0.2, 0) is 18.8 Å². The second kappa shape index (κ2) is 12.4. The van der Waals surface area contributed by atoms with Crippen molar-refractivity contribution in [2.45, 2.75) is 141 Å². The maximum Gasteiger partial charge on any atom is 0.420 e. The Bertz CT molecular complexity index is 904. The Morgan fingerprint density at radius 2 is 1.16 bits per heavy atom. The van der Waals surface area contributed by atoms with Gasteiger partial charge in [-0.05, 0) is 79.7 Å². The number of fused-ring (bicyclic) bond motifs is 1. The van der Waals surface area contributed by atoms with Crippen LogP contribution in [0.1, 0.15) is 138 Å². The average Bonchev–Trinajstić information content (AvgIpc) is 2.87. The minimum absolute atomic E-state index is 0.159. The van der Waals surface area contributed by atoms with Crippen molar-refractivity contribution in [3.8, 4) is 5.75 Å². The minimum atomic E-state index is -5.13. The van der Waals surface area contributed by atoms with Gasteiger partial charge in [0.1, 0.15) is 11.3 Å². The molecule has 1 atom stereocenters. The molecule has 1 aliphatic heterocycles. The molecule has 4 rings (SSSR count).